The highest BCUT2D eigenvalue weighted by Gasteiger charge is 2.24. The Hall–Kier alpha value is -4.22. The average molecular weight is 485 g/mol. The second-order valence-corrected chi connectivity index (χ2v) is 8.41. The number of amides is 2. The maximum Gasteiger partial charge on any atom is 0.326 e. The Kier molecular flexibility index (Phi) is 8.18. The predicted octanol–water partition coefficient (Wildman–Crippen LogP) is 0.993. The SMILES string of the molecule is CC(=O)Nc1nc2c(c(=O)[nH]1)CC(CCc1ccc(C(=O)N[C@H](CCC(=O)O)C(=O)O)cc1)CN2. The van der Waals surface area contributed by atoms with Gasteiger partial charge in [0.15, 0.2) is 0 Å². The van der Waals surface area contributed by atoms with Crippen molar-refractivity contribution in [2.24, 2.45) is 5.92 Å². The summed E-state index contributed by atoms with van der Waals surface area (Å²) in [4.78, 5) is 64.7. The maximum absolute atomic E-state index is 12.4. The number of aromatic nitrogens is 2. The van der Waals surface area contributed by atoms with Crippen molar-refractivity contribution in [3.05, 3.63) is 51.3 Å². The minimum absolute atomic E-state index is 0.105. The number of rotatable bonds is 10. The highest BCUT2D eigenvalue weighted by atomic mass is 16.4. The third-order valence-corrected chi connectivity index (χ3v) is 5.67. The quantitative estimate of drug-likeness (QED) is 0.285. The lowest BCUT2D eigenvalue weighted by Gasteiger charge is -2.25. The molecule has 1 aliphatic heterocycles. The van der Waals surface area contributed by atoms with Crippen LogP contribution in [0.5, 0.6) is 0 Å². The third-order valence-electron chi connectivity index (χ3n) is 5.67. The first-order chi connectivity index (χ1) is 16.6. The van der Waals surface area contributed by atoms with Gasteiger partial charge < -0.3 is 20.8 Å². The summed E-state index contributed by atoms with van der Waals surface area (Å²) in [5.74, 6) is -2.59. The van der Waals surface area contributed by atoms with Crippen LogP contribution in [-0.2, 0) is 27.2 Å². The molecule has 0 spiro atoms. The Labute approximate surface area is 200 Å². The van der Waals surface area contributed by atoms with E-state index in [0.29, 0.717) is 30.8 Å². The number of hydrogen-bond donors (Lipinski definition) is 6. The van der Waals surface area contributed by atoms with Gasteiger partial charge in [0.05, 0.1) is 5.56 Å². The number of aromatic amines is 1. The molecule has 12 heteroatoms. The zero-order valence-electron chi connectivity index (χ0n) is 19.1. The first-order valence-corrected chi connectivity index (χ1v) is 11.1. The van der Waals surface area contributed by atoms with Crippen molar-refractivity contribution >= 4 is 35.5 Å². The van der Waals surface area contributed by atoms with Crippen LogP contribution in [-0.4, -0.2) is 56.5 Å². The van der Waals surface area contributed by atoms with Crippen LogP contribution < -0.4 is 21.5 Å². The van der Waals surface area contributed by atoms with E-state index < -0.39 is 23.9 Å². The first-order valence-electron chi connectivity index (χ1n) is 11.1. The van der Waals surface area contributed by atoms with E-state index in [9.17, 15) is 29.1 Å². The van der Waals surface area contributed by atoms with E-state index in [-0.39, 0.29) is 41.7 Å². The minimum atomic E-state index is -1.29. The Balaban J connectivity index is 1.55. The van der Waals surface area contributed by atoms with Crippen LogP contribution in [0.2, 0.25) is 0 Å². The second kappa shape index (κ2) is 11.3. The number of carboxylic acid groups (broad SMARTS) is 2. The van der Waals surface area contributed by atoms with E-state index in [1.165, 1.54) is 6.92 Å². The van der Waals surface area contributed by atoms with Gasteiger partial charge in [0, 0.05) is 25.5 Å². The molecule has 1 aromatic carbocycles. The number of nitrogens with zero attached hydrogens (tertiary/aromatic N) is 1. The van der Waals surface area contributed by atoms with Crippen molar-refractivity contribution in [1.82, 2.24) is 15.3 Å². The van der Waals surface area contributed by atoms with E-state index >= 15 is 0 Å². The Morgan fingerprint density at radius 1 is 1.17 bits per heavy atom. The second-order valence-electron chi connectivity index (χ2n) is 8.41. The zero-order chi connectivity index (χ0) is 25.5. The molecular formula is C23H27N5O7. The molecule has 0 saturated carbocycles. The molecule has 0 aliphatic carbocycles. The number of benzene rings is 1. The fourth-order valence-electron chi connectivity index (χ4n) is 3.83. The monoisotopic (exact) mass is 485 g/mol. The standard InChI is InChI=1S/C23H27N5O7/c1-12(29)25-23-27-19-16(21(33)28-23)10-14(11-24-19)3-2-13-4-6-15(7-5-13)20(32)26-17(22(34)35)8-9-18(30)31/h4-7,14,17H,2-3,8-11H2,1H3,(H,26,32)(H,30,31)(H,34,35)(H3,24,25,27,28,29,33)/t14?,17-/m1/s1. The molecule has 0 fully saturated rings. The fraction of sp³-hybridized carbons (Fsp3) is 0.391. The van der Waals surface area contributed by atoms with Crippen LogP contribution in [0.15, 0.2) is 29.1 Å². The van der Waals surface area contributed by atoms with Crippen molar-refractivity contribution in [2.75, 3.05) is 17.2 Å². The number of carbonyl (C=O) groups is 4. The largest absolute Gasteiger partial charge is 0.481 e. The molecule has 1 unspecified atom stereocenters. The summed E-state index contributed by atoms with van der Waals surface area (Å²) in [6.45, 7) is 1.95. The lowest BCUT2D eigenvalue weighted by molar-refractivity contribution is -0.140. The number of carboxylic acids is 2. The van der Waals surface area contributed by atoms with Gasteiger partial charge in [-0.1, -0.05) is 12.1 Å². The van der Waals surface area contributed by atoms with Crippen molar-refractivity contribution < 1.29 is 29.4 Å². The van der Waals surface area contributed by atoms with Gasteiger partial charge in [-0.05, 0) is 49.3 Å². The molecule has 0 radical (unpaired) electrons. The molecule has 2 amide bonds. The highest BCUT2D eigenvalue weighted by molar-refractivity contribution is 5.96. The highest BCUT2D eigenvalue weighted by Crippen LogP contribution is 2.24. The summed E-state index contributed by atoms with van der Waals surface area (Å²) >= 11 is 0. The summed E-state index contributed by atoms with van der Waals surface area (Å²) in [5.41, 5.74) is 1.49. The molecule has 2 aromatic rings. The molecule has 35 heavy (non-hydrogen) atoms. The zero-order valence-corrected chi connectivity index (χ0v) is 19.1. The molecule has 2 heterocycles. The molecule has 0 bridgehead atoms. The van der Waals surface area contributed by atoms with Gasteiger partial charge in [-0.15, -0.1) is 0 Å². The summed E-state index contributed by atoms with van der Waals surface area (Å²) in [6.07, 6.45) is 1.45. The van der Waals surface area contributed by atoms with Crippen LogP contribution in [0.25, 0.3) is 0 Å². The average Bonchev–Trinajstić information content (AvgIpc) is 2.80. The van der Waals surface area contributed by atoms with Crippen LogP contribution in [0.1, 0.15) is 47.7 Å². The van der Waals surface area contributed by atoms with Crippen LogP contribution >= 0.6 is 0 Å². The number of carbonyl (C=O) groups excluding carboxylic acids is 2. The third kappa shape index (κ3) is 7.13. The van der Waals surface area contributed by atoms with Crippen molar-refractivity contribution in [3.8, 4) is 0 Å². The molecule has 186 valence electrons. The summed E-state index contributed by atoms with van der Waals surface area (Å²) in [5, 5.41) is 25.9. The van der Waals surface area contributed by atoms with Crippen LogP contribution in [0, 0.1) is 5.92 Å². The van der Waals surface area contributed by atoms with Gasteiger partial charge in [-0.3, -0.25) is 29.5 Å². The van der Waals surface area contributed by atoms with Gasteiger partial charge in [-0.25, -0.2) is 4.79 Å². The van der Waals surface area contributed by atoms with Gasteiger partial charge in [0.25, 0.3) is 11.5 Å². The number of aryl methyl sites for hydroxylation is 1. The van der Waals surface area contributed by atoms with Crippen LogP contribution in [0.4, 0.5) is 11.8 Å². The molecule has 12 nitrogen and oxygen atoms in total. The van der Waals surface area contributed by atoms with Gasteiger partial charge in [-0.2, -0.15) is 4.98 Å². The Morgan fingerprint density at radius 3 is 2.51 bits per heavy atom. The van der Waals surface area contributed by atoms with Crippen LogP contribution in [0.3, 0.4) is 0 Å². The molecule has 3 rings (SSSR count). The van der Waals surface area contributed by atoms with Crippen molar-refractivity contribution in [2.45, 2.75) is 45.1 Å². The Bertz CT molecular complexity index is 1180. The predicted molar refractivity (Wildman–Crippen MR) is 125 cm³/mol. The number of hydrogen-bond acceptors (Lipinski definition) is 7. The van der Waals surface area contributed by atoms with Crippen molar-refractivity contribution in [3.63, 3.8) is 0 Å². The van der Waals surface area contributed by atoms with E-state index in [0.717, 1.165) is 12.0 Å². The number of fused-ring (bicyclic) bond motifs is 1. The summed E-state index contributed by atoms with van der Waals surface area (Å²) in [7, 11) is 0. The van der Waals surface area contributed by atoms with Gasteiger partial charge in [0.1, 0.15) is 11.9 Å². The lowest BCUT2D eigenvalue weighted by atomic mass is 9.91. The molecule has 1 aromatic heterocycles. The number of aliphatic carboxylic acids is 2. The maximum atomic E-state index is 12.4. The smallest absolute Gasteiger partial charge is 0.326 e. The minimum Gasteiger partial charge on any atom is -0.481 e. The normalized spacial score (nSPS) is 15.3. The van der Waals surface area contributed by atoms with Gasteiger partial charge in [0.2, 0.25) is 11.9 Å². The number of H-pyrrole nitrogens is 1. The molecule has 0 saturated heterocycles. The molecular weight excluding hydrogens is 458 g/mol. The lowest BCUT2D eigenvalue weighted by Crippen LogP contribution is -2.41. The molecule has 1 aliphatic rings. The number of anilines is 2. The molecule has 6 N–H and O–H groups in total. The number of nitrogens with one attached hydrogen (secondary N) is 4. The van der Waals surface area contributed by atoms with Crippen molar-refractivity contribution in [1.29, 1.82) is 0 Å². The van der Waals surface area contributed by atoms with Gasteiger partial charge >= 0.3 is 11.9 Å². The molecule has 2 atom stereocenters. The topological polar surface area (TPSA) is 191 Å². The van der Waals surface area contributed by atoms with E-state index in [1.807, 2.05) is 0 Å². The van der Waals surface area contributed by atoms with E-state index in [4.69, 9.17) is 5.11 Å². The first kappa shape index (κ1) is 25.4. The summed E-state index contributed by atoms with van der Waals surface area (Å²) < 4.78 is 0. The summed E-state index contributed by atoms with van der Waals surface area (Å²) in [6, 6.07) is 5.45. The fourth-order valence-corrected chi connectivity index (χ4v) is 3.83. The van der Waals surface area contributed by atoms with E-state index in [1.54, 1.807) is 24.3 Å². The Morgan fingerprint density at radius 2 is 1.89 bits per heavy atom. The van der Waals surface area contributed by atoms with E-state index in [2.05, 4.69) is 25.9 Å².